The van der Waals surface area contributed by atoms with Gasteiger partial charge in [0.2, 0.25) is 0 Å². The molecule has 0 amide bonds. The summed E-state index contributed by atoms with van der Waals surface area (Å²) >= 11 is 4.78. The molecule has 0 fully saturated rings. The lowest BCUT2D eigenvalue weighted by Crippen LogP contribution is -2.30. The summed E-state index contributed by atoms with van der Waals surface area (Å²) in [6.45, 7) is 0.245. The van der Waals surface area contributed by atoms with Crippen molar-refractivity contribution in [3.05, 3.63) is 33.1 Å². The average Bonchev–Trinajstić information content (AvgIpc) is 2.26. The molecule has 1 heterocycles. The van der Waals surface area contributed by atoms with Crippen molar-refractivity contribution >= 4 is 23.5 Å². The van der Waals surface area contributed by atoms with Crippen molar-refractivity contribution in [1.82, 2.24) is 20.3 Å². The lowest BCUT2D eigenvalue weighted by atomic mass is 10.6. The van der Waals surface area contributed by atoms with Crippen LogP contribution in [-0.4, -0.2) is 27.9 Å². The maximum atomic E-state index is 11.2. The fourth-order valence-electron chi connectivity index (χ4n) is 0.877. The SMILES string of the molecule is CNC(=S)NN=CCn1ccc(=O)[nH]c1=O. The van der Waals surface area contributed by atoms with E-state index in [1.54, 1.807) is 7.05 Å². The van der Waals surface area contributed by atoms with Gasteiger partial charge in [-0.3, -0.25) is 19.8 Å². The molecule has 1 aromatic rings. The molecule has 0 unspecified atom stereocenters. The lowest BCUT2D eigenvalue weighted by Gasteiger charge is -2.00. The van der Waals surface area contributed by atoms with Crippen LogP contribution in [0.4, 0.5) is 0 Å². The van der Waals surface area contributed by atoms with E-state index in [-0.39, 0.29) is 6.54 Å². The summed E-state index contributed by atoms with van der Waals surface area (Å²) in [7, 11) is 1.66. The van der Waals surface area contributed by atoms with Gasteiger partial charge in [-0.15, -0.1) is 0 Å². The van der Waals surface area contributed by atoms with Crippen LogP contribution >= 0.6 is 12.2 Å². The Bertz CT molecular complexity index is 504. The first kappa shape index (κ1) is 12.1. The van der Waals surface area contributed by atoms with Crippen molar-refractivity contribution in [2.45, 2.75) is 6.54 Å². The number of hydrogen-bond acceptors (Lipinski definition) is 4. The molecule has 8 heteroatoms. The normalized spacial score (nSPS) is 10.3. The Morgan fingerprint density at radius 3 is 3.06 bits per heavy atom. The lowest BCUT2D eigenvalue weighted by molar-refractivity contribution is 0.761. The third-order valence-electron chi connectivity index (χ3n) is 1.66. The van der Waals surface area contributed by atoms with E-state index in [1.165, 1.54) is 23.0 Å². The molecule has 0 aliphatic rings. The average molecular weight is 241 g/mol. The number of nitrogens with one attached hydrogen (secondary N) is 3. The Balaban J connectivity index is 2.58. The Morgan fingerprint density at radius 2 is 2.44 bits per heavy atom. The van der Waals surface area contributed by atoms with Crippen LogP contribution in [0.1, 0.15) is 0 Å². The van der Waals surface area contributed by atoms with Gasteiger partial charge in [0.1, 0.15) is 0 Å². The highest BCUT2D eigenvalue weighted by Gasteiger charge is 1.93. The van der Waals surface area contributed by atoms with Crippen LogP contribution in [0, 0.1) is 0 Å². The van der Waals surface area contributed by atoms with Crippen molar-refractivity contribution < 1.29 is 0 Å². The van der Waals surface area contributed by atoms with Gasteiger partial charge in [-0.25, -0.2) is 4.79 Å². The minimum absolute atomic E-state index is 0.245. The quantitative estimate of drug-likeness (QED) is 0.344. The monoisotopic (exact) mass is 241 g/mol. The summed E-state index contributed by atoms with van der Waals surface area (Å²) in [6, 6.07) is 1.26. The van der Waals surface area contributed by atoms with Gasteiger partial charge in [-0.05, 0) is 12.2 Å². The first-order valence-corrected chi connectivity index (χ1v) is 4.83. The Hall–Kier alpha value is -1.96. The predicted octanol–water partition coefficient (Wildman–Crippen LogP) is -1.38. The van der Waals surface area contributed by atoms with Gasteiger partial charge in [0.25, 0.3) is 5.56 Å². The Morgan fingerprint density at radius 1 is 1.69 bits per heavy atom. The van der Waals surface area contributed by atoms with Crippen LogP contribution in [0.2, 0.25) is 0 Å². The van der Waals surface area contributed by atoms with Crippen LogP contribution in [0.25, 0.3) is 0 Å². The Labute approximate surface area is 96.2 Å². The highest BCUT2D eigenvalue weighted by Crippen LogP contribution is 1.73. The largest absolute Gasteiger partial charge is 0.364 e. The topological polar surface area (TPSA) is 91.3 Å². The Kier molecular flexibility index (Phi) is 4.40. The number of rotatable bonds is 3. The molecule has 0 aliphatic heterocycles. The first-order valence-electron chi connectivity index (χ1n) is 4.42. The molecule has 0 aromatic carbocycles. The minimum atomic E-state index is -0.477. The highest BCUT2D eigenvalue weighted by molar-refractivity contribution is 7.80. The first-order chi connectivity index (χ1) is 7.63. The highest BCUT2D eigenvalue weighted by atomic mass is 32.1. The van der Waals surface area contributed by atoms with E-state index in [9.17, 15) is 9.59 Å². The molecule has 3 N–H and O–H groups in total. The zero-order valence-electron chi connectivity index (χ0n) is 8.56. The standard InChI is InChI=1S/C8H11N5O2S/c1-9-7(16)12-10-3-5-13-4-2-6(14)11-8(13)15/h2-4H,5H2,1H3,(H2,9,12,16)(H,11,14,15). The van der Waals surface area contributed by atoms with Crippen LogP contribution < -0.4 is 22.0 Å². The number of H-pyrrole nitrogens is 1. The van der Waals surface area contributed by atoms with Gasteiger partial charge in [0, 0.05) is 25.5 Å². The van der Waals surface area contributed by atoms with E-state index < -0.39 is 11.2 Å². The molecule has 1 rings (SSSR count). The number of hydrogen-bond donors (Lipinski definition) is 3. The number of hydrazone groups is 1. The van der Waals surface area contributed by atoms with Gasteiger partial charge in [-0.1, -0.05) is 0 Å². The van der Waals surface area contributed by atoms with Gasteiger partial charge < -0.3 is 5.32 Å². The fourth-order valence-corrected chi connectivity index (χ4v) is 0.930. The minimum Gasteiger partial charge on any atom is -0.364 e. The number of nitrogens with zero attached hydrogens (tertiary/aromatic N) is 2. The van der Waals surface area contributed by atoms with Crippen LogP contribution in [0.3, 0.4) is 0 Å². The molecule has 0 saturated carbocycles. The molecule has 86 valence electrons. The number of thiocarbonyl (C=S) groups is 1. The van der Waals surface area contributed by atoms with Gasteiger partial charge in [-0.2, -0.15) is 5.10 Å². The number of aromatic nitrogens is 2. The summed E-state index contributed by atoms with van der Waals surface area (Å²) in [4.78, 5) is 24.1. The summed E-state index contributed by atoms with van der Waals surface area (Å²) in [5, 5.41) is 6.82. The van der Waals surface area contributed by atoms with Crippen molar-refractivity contribution in [2.75, 3.05) is 7.05 Å². The smallest absolute Gasteiger partial charge is 0.328 e. The molecule has 1 aromatic heterocycles. The van der Waals surface area contributed by atoms with Crippen molar-refractivity contribution in [2.24, 2.45) is 5.10 Å². The van der Waals surface area contributed by atoms with Crippen LogP contribution in [0.15, 0.2) is 27.0 Å². The molecule has 0 aliphatic carbocycles. The van der Waals surface area contributed by atoms with E-state index >= 15 is 0 Å². The summed E-state index contributed by atoms with van der Waals surface area (Å²) in [6.07, 6.45) is 2.85. The van der Waals surface area contributed by atoms with Crippen LogP contribution in [0.5, 0.6) is 0 Å². The summed E-state index contributed by atoms with van der Waals surface area (Å²) in [5.41, 5.74) is 1.64. The maximum absolute atomic E-state index is 11.2. The molecule has 7 nitrogen and oxygen atoms in total. The zero-order valence-corrected chi connectivity index (χ0v) is 9.37. The second kappa shape index (κ2) is 5.81. The van der Waals surface area contributed by atoms with Crippen LogP contribution in [-0.2, 0) is 6.54 Å². The van der Waals surface area contributed by atoms with Crippen molar-refractivity contribution in [3.8, 4) is 0 Å². The molecule has 16 heavy (non-hydrogen) atoms. The number of aromatic amines is 1. The summed E-state index contributed by atoms with van der Waals surface area (Å²) < 4.78 is 1.30. The van der Waals surface area contributed by atoms with Gasteiger partial charge in [0.05, 0.1) is 6.54 Å². The van der Waals surface area contributed by atoms with E-state index in [0.29, 0.717) is 5.11 Å². The molecular formula is C8H11N5O2S. The molecule has 0 spiro atoms. The molecule has 0 saturated heterocycles. The van der Waals surface area contributed by atoms with Crippen molar-refractivity contribution in [3.63, 3.8) is 0 Å². The van der Waals surface area contributed by atoms with Gasteiger partial charge in [0.15, 0.2) is 5.11 Å². The molecule has 0 radical (unpaired) electrons. The predicted molar refractivity (Wildman–Crippen MR) is 64.6 cm³/mol. The second-order valence-corrected chi connectivity index (χ2v) is 3.17. The van der Waals surface area contributed by atoms with Gasteiger partial charge >= 0.3 is 5.69 Å². The zero-order chi connectivity index (χ0) is 12.0. The molecule has 0 atom stereocenters. The molecule has 0 bridgehead atoms. The third-order valence-corrected chi connectivity index (χ3v) is 1.96. The fraction of sp³-hybridized carbons (Fsp3) is 0.250. The van der Waals surface area contributed by atoms with Crippen molar-refractivity contribution in [1.29, 1.82) is 0 Å². The van der Waals surface area contributed by atoms with E-state index in [1.807, 2.05) is 0 Å². The third kappa shape index (κ3) is 3.65. The maximum Gasteiger partial charge on any atom is 0.328 e. The summed E-state index contributed by atoms with van der Waals surface area (Å²) in [5.74, 6) is 0. The van der Waals surface area contributed by atoms with E-state index in [0.717, 1.165) is 0 Å². The molecular weight excluding hydrogens is 230 g/mol. The second-order valence-electron chi connectivity index (χ2n) is 2.77. The van der Waals surface area contributed by atoms with E-state index in [2.05, 4.69) is 20.8 Å². The van der Waals surface area contributed by atoms with E-state index in [4.69, 9.17) is 12.2 Å².